The molecule has 3 aromatic carbocycles. The Morgan fingerprint density at radius 3 is 2.56 bits per heavy atom. The molecule has 4 aromatic rings. The van der Waals surface area contributed by atoms with Gasteiger partial charge in [0.15, 0.2) is 0 Å². The van der Waals surface area contributed by atoms with Crippen LogP contribution in [0.2, 0.25) is 5.02 Å². The maximum Gasteiger partial charge on any atom is 0.224 e. The molecule has 1 amide bonds. The molecule has 5 nitrogen and oxygen atoms in total. The van der Waals surface area contributed by atoms with E-state index < -0.39 is 0 Å². The van der Waals surface area contributed by atoms with Crippen molar-refractivity contribution in [2.24, 2.45) is 0 Å². The lowest BCUT2D eigenvalue weighted by Crippen LogP contribution is -2.26. The summed E-state index contributed by atoms with van der Waals surface area (Å²) in [5.41, 5.74) is 4.26. The summed E-state index contributed by atoms with van der Waals surface area (Å²) in [4.78, 5) is 17.1. The lowest BCUT2D eigenvalue weighted by molar-refractivity contribution is -0.120. The van der Waals surface area contributed by atoms with Crippen molar-refractivity contribution in [3.63, 3.8) is 0 Å². The number of ether oxygens (including phenoxy) is 1. The van der Waals surface area contributed by atoms with Crippen LogP contribution in [0.5, 0.6) is 5.75 Å². The van der Waals surface area contributed by atoms with E-state index in [1.165, 1.54) is 0 Å². The molecular formula is C28H30ClN3O2. The van der Waals surface area contributed by atoms with Gasteiger partial charge in [-0.3, -0.25) is 4.79 Å². The molecule has 6 heteroatoms. The monoisotopic (exact) mass is 475 g/mol. The van der Waals surface area contributed by atoms with Crippen molar-refractivity contribution < 1.29 is 9.53 Å². The van der Waals surface area contributed by atoms with Crippen LogP contribution in [-0.4, -0.2) is 29.1 Å². The summed E-state index contributed by atoms with van der Waals surface area (Å²) in [6.45, 7) is 1.41. The minimum Gasteiger partial charge on any atom is -0.496 e. The summed E-state index contributed by atoms with van der Waals surface area (Å²) in [7, 11) is 1.71. The molecule has 0 saturated heterocycles. The topological polar surface area (TPSA) is 56.1 Å². The minimum atomic E-state index is 0.0425. The van der Waals surface area contributed by atoms with Gasteiger partial charge in [-0.2, -0.15) is 0 Å². The van der Waals surface area contributed by atoms with Gasteiger partial charge in [0.05, 0.1) is 31.1 Å². The smallest absolute Gasteiger partial charge is 0.224 e. The number of hydrogen-bond acceptors (Lipinski definition) is 3. The van der Waals surface area contributed by atoms with Gasteiger partial charge in [-0.25, -0.2) is 4.98 Å². The zero-order valence-corrected chi connectivity index (χ0v) is 20.2. The van der Waals surface area contributed by atoms with Crippen molar-refractivity contribution in [2.45, 2.75) is 38.6 Å². The molecule has 176 valence electrons. The van der Waals surface area contributed by atoms with E-state index in [0.29, 0.717) is 18.0 Å². The van der Waals surface area contributed by atoms with E-state index in [9.17, 15) is 4.79 Å². The summed E-state index contributed by atoms with van der Waals surface area (Å²) in [5, 5.41) is 3.70. The number of carbonyl (C=O) groups is 1. The molecule has 0 unspecified atom stereocenters. The van der Waals surface area contributed by atoms with Gasteiger partial charge in [0.25, 0.3) is 0 Å². The van der Waals surface area contributed by atoms with Gasteiger partial charge in [0.2, 0.25) is 5.91 Å². The van der Waals surface area contributed by atoms with Crippen molar-refractivity contribution in [1.29, 1.82) is 0 Å². The molecule has 1 heterocycles. The Morgan fingerprint density at radius 2 is 1.74 bits per heavy atom. The first-order chi connectivity index (χ1) is 16.6. The summed E-state index contributed by atoms with van der Waals surface area (Å²) in [6.07, 6.45) is 4.26. The molecule has 34 heavy (non-hydrogen) atoms. The van der Waals surface area contributed by atoms with Crippen molar-refractivity contribution in [2.75, 3.05) is 13.7 Å². The zero-order chi connectivity index (χ0) is 23.8. The van der Waals surface area contributed by atoms with Crippen LogP contribution in [-0.2, 0) is 24.2 Å². The fourth-order valence-corrected chi connectivity index (χ4v) is 4.29. The van der Waals surface area contributed by atoms with Gasteiger partial charge in [-0.1, -0.05) is 60.5 Å². The maximum atomic E-state index is 12.2. The predicted molar refractivity (Wildman–Crippen MR) is 138 cm³/mol. The third kappa shape index (κ3) is 6.17. The van der Waals surface area contributed by atoms with Crippen LogP contribution in [0, 0.1) is 0 Å². The molecule has 1 N–H and O–H groups in total. The number of halogens is 1. The Bertz CT molecular complexity index is 1230. The van der Waals surface area contributed by atoms with Gasteiger partial charge in [-0.15, -0.1) is 0 Å². The summed E-state index contributed by atoms with van der Waals surface area (Å²) >= 11 is 5.90. The molecule has 0 aliphatic rings. The molecule has 0 fully saturated rings. The second kappa shape index (κ2) is 11.7. The van der Waals surface area contributed by atoms with E-state index in [2.05, 4.69) is 34.1 Å². The number of amides is 1. The van der Waals surface area contributed by atoms with Crippen LogP contribution in [0.4, 0.5) is 0 Å². The van der Waals surface area contributed by atoms with Crippen molar-refractivity contribution in [1.82, 2.24) is 14.9 Å². The minimum absolute atomic E-state index is 0.0425. The number of nitrogens with one attached hydrogen (secondary N) is 1. The molecule has 0 radical (unpaired) electrons. The lowest BCUT2D eigenvalue weighted by Gasteiger charge is -2.12. The van der Waals surface area contributed by atoms with Gasteiger partial charge < -0.3 is 14.6 Å². The van der Waals surface area contributed by atoms with Crippen LogP contribution < -0.4 is 10.1 Å². The average Bonchev–Trinajstić information content (AvgIpc) is 3.20. The highest BCUT2D eigenvalue weighted by molar-refractivity contribution is 6.30. The highest BCUT2D eigenvalue weighted by Crippen LogP contribution is 2.24. The Balaban J connectivity index is 1.30. The fraction of sp³-hybridized carbons (Fsp3) is 0.286. The fourth-order valence-electron chi connectivity index (χ4n) is 4.16. The Hall–Kier alpha value is -3.31. The second-order valence-electron chi connectivity index (χ2n) is 8.38. The Labute approximate surface area is 205 Å². The highest BCUT2D eigenvalue weighted by atomic mass is 35.5. The predicted octanol–water partition coefficient (Wildman–Crippen LogP) is 5.82. The third-order valence-electron chi connectivity index (χ3n) is 5.93. The van der Waals surface area contributed by atoms with E-state index in [-0.39, 0.29) is 5.91 Å². The first-order valence-electron chi connectivity index (χ1n) is 11.7. The number of methoxy groups -OCH3 is 1. The summed E-state index contributed by atoms with van der Waals surface area (Å²) in [6, 6.07) is 23.8. The van der Waals surface area contributed by atoms with Crippen LogP contribution in [0.3, 0.4) is 0 Å². The van der Waals surface area contributed by atoms with Gasteiger partial charge in [0, 0.05) is 23.6 Å². The summed E-state index contributed by atoms with van der Waals surface area (Å²) in [5.74, 6) is 2.01. The largest absolute Gasteiger partial charge is 0.496 e. The van der Waals surface area contributed by atoms with E-state index in [1.807, 2.05) is 48.5 Å². The van der Waals surface area contributed by atoms with E-state index in [1.54, 1.807) is 7.11 Å². The quantitative estimate of drug-likeness (QED) is 0.278. The molecule has 0 atom stereocenters. The van der Waals surface area contributed by atoms with Crippen LogP contribution in [0.1, 0.15) is 36.2 Å². The number of unbranched alkanes of at least 4 members (excludes halogenated alkanes) is 2. The van der Waals surface area contributed by atoms with Gasteiger partial charge in [-0.05, 0) is 48.7 Å². The number of aromatic nitrogens is 2. The van der Waals surface area contributed by atoms with Gasteiger partial charge >= 0.3 is 0 Å². The molecule has 0 spiro atoms. The van der Waals surface area contributed by atoms with E-state index in [4.69, 9.17) is 21.3 Å². The molecule has 0 saturated carbocycles. The summed E-state index contributed by atoms with van der Waals surface area (Å²) < 4.78 is 7.85. The number of nitrogens with zero attached hydrogens (tertiary/aromatic N) is 2. The lowest BCUT2D eigenvalue weighted by atomic mass is 10.1. The number of aryl methyl sites for hydroxylation is 1. The van der Waals surface area contributed by atoms with Crippen LogP contribution in [0.15, 0.2) is 72.8 Å². The molecule has 4 rings (SSSR count). The second-order valence-corrected chi connectivity index (χ2v) is 8.82. The van der Waals surface area contributed by atoms with Crippen molar-refractivity contribution in [3.05, 3.63) is 94.8 Å². The molecule has 0 aliphatic heterocycles. The number of para-hydroxylation sites is 3. The number of carbonyl (C=O) groups excluding carboxylic acids is 1. The molecule has 0 aliphatic carbocycles. The first kappa shape index (κ1) is 23.8. The van der Waals surface area contributed by atoms with E-state index >= 15 is 0 Å². The highest BCUT2D eigenvalue weighted by Gasteiger charge is 2.13. The maximum absolute atomic E-state index is 12.2. The van der Waals surface area contributed by atoms with Crippen LogP contribution in [0.25, 0.3) is 11.0 Å². The van der Waals surface area contributed by atoms with Gasteiger partial charge in [0.1, 0.15) is 11.6 Å². The molecule has 0 bridgehead atoms. The molecular weight excluding hydrogens is 446 g/mol. The van der Waals surface area contributed by atoms with Crippen molar-refractivity contribution in [3.8, 4) is 5.75 Å². The first-order valence-corrected chi connectivity index (χ1v) is 12.1. The van der Waals surface area contributed by atoms with Crippen LogP contribution >= 0.6 is 11.6 Å². The number of fused-ring (bicyclic) bond motifs is 1. The number of rotatable bonds is 11. The SMILES string of the molecule is COc1ccccc1Cn1c(CCCCCNC(=O)Cc2ccc(Cl)cc2)nc2ccccc21. The normalized spacial score (nSPS) is 11.0. The zero-order valence-electron chi connectivity index (χ0n) is 19.5. The number of benzene rings is 3. The number of imidazole rings is 1. The van der Waals surface area contributed by atoms with Crippen molar-refractivity contribution >= 4 is 28.5 Å². The molecule has 1 aromatic heterocycles. The third-order valence-corrected chi connectivity index (χ3v) is 6.18. The van der Waals surface area contributed by atoms with E-state index in [0.717, 1.165) is 66.0 Å². The standard InChI is InChI=1S/C28H30ClN3O2/c1-34-26-12-7-4-9-22(26)20-32-25-11-6-5-10-24(25)31-27(32)13-3-2-8-18-30-28(33)19-21-14-16-23(29)17-15-21/h4-7,9-12,14-17H,2-3,8,13,18-20H2,1H3,(H,30,33). The average molecular weight is 476 g/mol. The Kier molecular flexibility index (Phi) is 8.21. The number of hydrogen-bond donors (Lipinski definition) is 1. The Morgan fingerprint density at radius 1 is 0.971 bits per heavy atom.